The van der Waals surface area contributed by atoms with Crippen molar-refractivity contribution in [1.29, 1.82) is 0 Å². The Balaban J connectivity index is 0.00000441. The molecular formula is C12H25IN6O2S. The highest BCUT2D eigenvalue weighted by Crippen LogP contribution is 1.97. The third-order valence-electron chi connectivity index (χ3n) is 2.79. The Morgan fingerprint density at radius 1 is 1.32 bits per heavy atom. The molecule has 0 saturated heterocycles. The van der Waals surface area contributed by atoms with Gasteiger partial charge in [0.15, 0.2) is 5.96 Å². The van der Waals surface area contributed by atoms with E-state index in [9.17, 15) is 8.42 Å². The number of nitrogens with one attached hydrogen (secondary N) is 3. The maximum atomic E-state index is 11.3. The van der Waals surface area contributed by atoms with E-state index < -0.39 is 10.0 Å². The van der Waals surface area contributed by atoms with Crippen molar-refractivity contribution in [3.8, 4) is 0 Å². The van der Waals surface area contributed by atoms with Crippen molar-refractivity contribution in [1.82, 2.24) is 25.1 Å². The molecule has 0 spiro atoms. The van der Waals surface area contributed by atoms with Crippen molar-refractivity contribution in [2.45, 2.75) is 20.4 Å². The maximum absolute atomic E-state index is 11.3. The van der Waals surface area contributed by atoms with Crippen molar-refractivity contribution in [2.75, 3.05) is 25.4 Å². The summed E-state index contributed by atoms with van der Waals surface area (Å²) >= 11 is 0. The van der Waals surface area contributed by atoms with Crippen LogP contribution in [0.1, 0.15) is 19.5 Å². The highest BCUT2D eigenvalue weighted by Gasteiger charge is 2.05. The number of hydrogen-bond acceptors (Lipinski definition) is 4. The molecular weight excluding hydrogens is 419 g/mol. The first-order valence-electron chi connectivity index (χ1n) is 6.95. The lowest BCUT2D eigenvalue weighted by Crippen LogP contribution is -2.41. The van der Waals surface area contributed by atoms with E-state index in [1.54, 1.807) is 17.8 Å². The monoisotopic (exact) mass is 444 g/mol. The van der Waals surface area contributed by atoms with Crippen molar-refractivity contribution in [3.05, 3.63) is 18.0 Å². The Kier molecular flexibility index (Phi) is 10.3. The zero-order valence-electron chi connectivity index (χ0n) is 13.2. The zero-order chi connectivity index (χ0) is 15.7. The first-order valence-corrected chi connectivity index (χ1v) is 8.60. The van der Waals surface area contributed by atoms with Gasteiger partial charge < -0.3 is 10.6 Å². The number of rotatable bonds is 8. The first kappa shape index (κ1) is 21.1. The molecule has 1 aromatic rings. The van der Waals surface area contributed by atoms with E-state index in [4.69, 9.17) is 0 Å². The molecule has 0 aliphatic heterocycles. The van der Waals surface area contributed by atoms with Gasteiger partial charge in [0.1, 0.15) is 0 Å². The number of guanidine groups is 1. The van der Waals surface area contributed by atoms with E-state index in [0.29, 0.717) is 25.6 Å². The summed E-state index contributed by atoms with van der Waals surface area (Å²) in [4.78, 5) is 4.43. The molecule has 1 heterocycles. The Morgan fingerprint density at radius 3 is 2.59 bits per heavy atom. The molecule has 1 rings (SSSR count). The fourth-order valence-corrected chi connectivity index (χ4v) is 2.16. The molecule has 0 amide bonds. The molecule has 128 valence electrons. The number of hydrogen-bond donors (Lipinski definition) is 3. The molecule has 0 aliphatic carbocycles. The summed E-state index contributed by atoms with van der Waals surface area (Å²) < 4.78 is 26.9. The smallest absolute Gasteiger partial charge is 0.211 e. The van der Waals surface area contributed by atoms with Crippen LogP contribution < -0.4 is 15.4 Å². The van der Waals surface area contributed by atoms with E-state index in [1.165, 1.54) is 0 Å². The van der Waals surface area contributed by atoms with Gasteiger partial charge in [0.05, 0.1) is 18.0 Å². The highest BCUT2D eigenvalue weighted by atomic mass is 127. The van der Waals surface area contributed by atoms with Crippen LogP contribution in [0.4, 0.5) is 0 Å². The molecule has 0 aliphatic rings. The standard InChI is InChI=1S/C12H24N6O2S.HI/c1-4-13-12(14-8-9-17-21(19,20)5-2)15-10-11-6-7-16-18(11)3;/h6-7,17H,4-5,8-10H2,1-3H3,(H2,13,14,15);1H. The number of sulfonamides is 1. The van der Waals surface area contributed by atoms with Crippen molar-refractivity contribution in [3.63, 3.8) is 0 Å². The number of aliphatic imine (C=N–C) groups is 1. The summed E-state index contributed by atoms with van der Waals surface area (Å²) in [5.41, 5.74) is 0.999. The minimum atomic E-state index is -3.14. The first-order chi connectivity index (χ1) is 9.98. The quantitative estimate of drug-likeness (QED) is 0.228. The SMILES string of the molecule is CCNC(=NCc1ccnn1C)NCCNS(=O)(=O)CC.I. The van der Waals surface area contributed by atoms with Crippen LogP contribution >= 0.6 is 24.0 Å². The van der Waals surface area contributed by atoms with Gasteiger partial charge in [-0.15, -0.1) is 24.0 Å². The summed E-state index contributed by atoms with van der Waals surface area (Å²) in [6.07, 6.45) is 1.73. The van der Waals surface area contributed by atoms with E-state index in [2.05, 4.69) is 25.4 Å². The molecule has 0 bridgehead atoms. The van der Waals surface area contributed by atoms with Gasteiger partial charge in [0.25, 0.3) is 0 Å². The largest absolute Gasteiger partial charge is 0.357 e. The van der Waals surface area contributed by atoms with Gasteiger partial charge in [-0.25, -0.2) is 18.1 Å². The van der Waals surface area contributed by atoms with Crippen molar-refractivity contribution >= 4 is 40.0 Å². The topological polar surface area (TPSA) is 100 Å². The number of aromatic nitrogens is 2. The Labute approximate surface area is 149 Å². The van der Waals surface area contributed by atoms with Gasteiger partial charge in [-0.05, 0) is 19.9 Å². The number of aryl methyl sites for hydroxylation is 1. The summed E-state index contributed by atoms with van der Waals surface area (Å²) in [6, 6.07) is 1.91. The Bertz CT molecular complexity index is 558. The highest BCUT2D eigenvalue weighted by molar-refractivity contribution is 14.0. The van der Waals surface area contributed by atoms with Crippen LogP contribution in [0, 0.1) is 0 Å². The van der Waals surface area contributed by atoms with Crippen LogP contribution in [-0.4, -0.2) is 49.5 Å². The molecule has 0 atom stereocenters. The van der Waals surface area contributed by atoms with Crippen molar-refractivity contribution < 1.29 is 8.42 Å². The molecule has 22 heavy (non-hydrogen) atoms. The van der Waals surface area contributed by atoms with Gasteiger partial charge >= 0.3 is 0 Å². The van der Waals surface area contributed by atoms with E-state index in [-0.39, 0.29) is 29.7 Å². The predicted octanol–water partition coefficient (Wildman–Crippen LogP) is 0.0325. The lowest BCUT2D eigenvalue weighted by atomic mass is 10.4. The Hall–Kier alpha value is -0.880. The van der Waals surface area contributed by atoms with Crippen LogP contribution in [0.2, 0.25) is 0 Å². The Morgan fingerprint density at radius 2 is 2.05 bits per heavy atom. The van der Waals surface area contributed by atoms with Gasteiger partial charge in [-0.3, -0.25) is 4.68 Å². The second kappa shape index (κ2) is 10.8. The van der Waals surface area contributed by atoms with Crippen LogP contribution in [0.3, 0.4) is 0 Å². The van der Waals surface area contributed by atoms with Gasteiger partial charge in [0.2, 0.25) is 10.0 Å². The maximum Gasteiger partial charge on any atom is 0.211 e. The van der Waals surface area contributed by atoms with Crippen molar-refractivity contribution in [2.24, 2.45) is 12.0 Å². The normalized spacial score (nSPS) is 11.9. The third-order valence-corrected chi connectivity index (χ3v) is 4.19. The molecule has 10 heteroatoms. The average molecular weight is 444 g/mol. The molecule has 0 saturated carbocycles. The van der Waals surface area contributed by atoms with Gasteiger partial charge in [-0.1, -0.05) is 0 Å². The lowest BCUT2D eigenvalue weighted by molar-refractivity contribution is 0.581. The number of halogens is 1. The minimum absolute atomic E-state index is 0. The predicted molar refractivity (Wildman–Crippen MR) is 98.9 cm³/mol. The zero-order valence-corrected chi connectivity index (χ0v) is 16.3. The van der Waals surface area contributed by atoms with Gasteiger partial charge in [0, 0.05) is 32.9 Å². The van der Waals surface area contributed by atoms with Crippen LogP contribution in [0.25, 0.3) is 0 Å². The molecule has 8 nitrogen and oxygen atoms in total. The van der Waals surface area contributed by atoms with Crippen LogP contribution in [-0.2, 0) is 23.6 Å². The fraction of sp³-hybridized carbons (Fsp3) is 0.667. The van der Waals surface area contributed by atoms with Crippen LogP contribution in [0.15, 0.2) is 17.3 Å². The molecule has 3 N–H and O–H groups in total. The van der Waals surface area contributed by atoms with Gasteiger partial charge in [-0.2, -0.15) is 5.10 Å². The minimum Gasteiger partial charge on any atom is -0.357 e. The van der Waals surface area contributed by atoms with E-state index in [0.717, 1.165) is 12.2 Å². The molecule has 0 unspecified atom stereocenters. The molecule has 1 aromatic heterocycles. The summed E-state index contributed by atoms with van der Waals surface area (Å²) in [6.45, 7) is 5.61. The number of nitrogens with zero attached hydrogens (tertiary/aromatic N) is 3. The summed E-state index contributed by atoms with van der Waals surface area (Å²) in [5, 5.41) is 10.3. The fourth-order valence-electron chi connectivity index (χ4n) is 1.55. The van der Waals surface area contributed by atoms with E-state index in [1.807, 2.05) is 20.0 Å². The summed E-state index contributed by atoms with van der Waals surface area (Å²) in [5.74, 6) is 0.733. The molecule has 0 aromatic carbocycles. The molecule has 0 radical (unpaired) electrons. The average Bonchev–Trinajstić information content (AvgIpc) is 2.86. The van der Waals surface area contributed by atoms with Crippen LogP contribution in [0.5, 0.6) is 0 Å². The lowest BCUT2D eigenvalue weighted by Gasteiger charge is -2.11. The summed E-state index contributed by atoms with van der Waals surface area (Å²) in [7, 11) is -1.28. The van der Waals surface area contributed by atoms with E-state index >= 15 is 0 Å². The second-order valence-electron chi connectivity index (χ2n) is 4.37. The second-order valence-corrected chi connectivity index (χ2v) is 6.46. The molecule has 0 fully saturated rings. The third kappa shape index (κ3) is 7.94.